The van der Waals surface area contributed by atoms with Crippen molar-refractivity contribution in [2.24, 2.45) is 11.8 Å². The van der Waals surface area contributed by atoms with Crippen molar-refractivity contribution in [1.82, 2.24) is 14.8 Å². The van der Waals surface area contributed by atoms with E-state index >= 15 is 0 Å². The number of carbonyl (C=O) groups is 1. The third kappa shape index (κ3) is 3.68. The molecule has 3 heterocycles. The van der Waals surface area contributed by atoms with Gasteiger partial charge in [-0.25, -0.2) is 13.8 Å². The molecular formula is C17H23F2N3O. The van der Waals surface area contributed by atoms with Gasteiger partial charge in [-0.05, 0) is 24.0 Å². The molecule has 2 aliphatic heterocycles. The first-order valence-electron chi connectivity index (χ1n) is 8.19. The summed E-state index contributed by atoms with van der Waals surface area (Å²) in [6, 6.07) is 5.27. The van der Waals surface area contributed by atoms with E-state index in [2.05, 4.69) is 23.7 Å². The number of hydrogen-bond acceptors (Lipinski definition) is 3. The van der Waals surface area contributed by atoms with Crippen LogP contribution in [-0.2, 0) is 6.54 Å². The molecular weight excluding hydrogens is 300 g/mol. The lowest BCUT2D eigenvalue weighted by Gasteiger charge is -2.41. The molecule has 0 radical (unpaired) electrons. The van der Waals surface area contributed by atoms with E-state index < -0.39 is 18.4 Å². The highest BCUT2D eigenvalue weighted by Crippen LogP contribution is 2.28. The van der Waals surface area contributed by atoms with Crippen LogP contribution in [0.25, 0.3) is 0 Å². The Kier molecular flexibility index (Phi) is 4.36. The molecule has 0 aliphatic carbocycles. The molecule has 1 aromatic heterocycles. The molecule has 2 aliphatic rings. The lowest BCUT2D eigenvalue weighted by Crippen LogP contribution is -2.48. The minimum absolute atomic E-state index is 0.0972. The van der Waals surface area contributed by atoms with E-state index in [1.54, 1.807) is 12.1 Å². The fourth-order valence-corrected chi connectivity index (χ4v) is 3.15. The minimum Gasteiger partial charge on any atom is -0.331 e. The lowest BCUT2D eigenvalue weighted by atomic mass is 9.88. The van der Waals surface area contributed by atoms with Gasteiger partial charge in [0, 0.05) is 32.6 Å². The molecule has 1 amide bonds. The highest BCUT2D eigenvalue weighted by Gasteiger charge is 2.40. The Morgan fingerprint density at radius 2 is 2.13 bits per heavy atom. The van der Waals surface area contributed by atoms with Crippen molar-refractivity contribution in [2.45, 2.75) is 32.7 Å². The topological polar surface area (TPSA) is 36.4 Å². The molecule has 0 unspecified atom stereocenters. The lowest BCUT2D eigenvalue weighted by molar-refractivity contribution is 0.0119. The number of hydrogen-bond donors (Lipinski definition) is 0. The zero-order valence-electron chi connectivity index (χ0n) is 13.6. The molecule has 3 rings (SSSR count). The van der Waals surface area contributed by atoms with E-state index in [1.165, 1.54) is 4.90 Å². The maximum absolute atomic E-state index is 13.3. The Morgan fingerprint density at radius 1 is 1.39 bits per heavy atom. The largest absolute Gasteiger partial charge is 0.331 e. The van der Waals surface area contributed by atoms with Crippen LogP contribution in [0.15, 0.2) is 18.2 Å². The maximum atomic E-state index is 13.3. The minimum atomic E-state index is -2.77. The first-order valence-corrected chi connectivity index (χ1v) is 8.19. The van der Waals surface area contributed by atoms with Gasteiger partial charge in [0.2, 0.25) is 0 Å². The van der Waals surface area contributed by atoms with Gasteiger partial charge in [-0.3, -0.25) is 9.69 Å². The average molecular weight is 323 g/mol. The SMILES string of the molecule is CC(C)C1CN(Cc2cccc(C(=O)N3CCC(F)(F)C3)n2)C1. The first-order chi connectivity index (χ1) is 10.8. The fourth-order valence-electron chi connectivity index (χ4n) is 3.15. The maximum Gasteiger partial charge on any atom is 0.272 e. The number of alkyl halides is 2. The number of likely N-dealkylation sites (tertiary alicyclic amines) is 2. The van der Waals surface area contributed by atoms with Crippen LogP contribution in [0.3, 0.4) is 0 Å². The van der Waals surface area contributed by atoms with E-state index in [1.807, 2.05) is 6.07 Å². The van der Waals surface area contributed by atoms with Crippen LogP contribution >= 0.6 is 0 Å². The zero-order valence-corrected chi connectivity index (χ0v) is 13.6. The number of aromatic nitrogens is 1. The first kappa shape index (κ1) is 16.3. The molecule has 2 saturated heterocycles. The summed E-state index contributed by atoms with van der Waals surface area (Å²) in [5, 5.41) is 0. The number of amides is 1. The van der Waals surface area contributed by atoms with Crippen molar-refractivity contribution in [3.05, 3.63) is 29.6 Å². The monoisotopic (exact) mass is 323 g/mol. The second-order valence-electron chi connectivity index (χ2n) is 7.05. The van der Waals surface area contributed by atoms with Gasteiger partial charge in [0.1, 0.15) is 5.69 Å². The summed E-state index contributed by atoms with van der Waals surface area (Å²) in [5.74, 6) is -1.75. The summed E-state index contributed by atoms with van der Waals surface area (Å²) in [6.07, 6.45) is -0.261. The van der Waals surface area contributed by atoms with Crippen molar-refractivity contribution >= 4 is 5.91 Å². The molecule has 1 aromatic rings. The van der Waals surface area contributed by atoms with Crippen LogP contribution in [-0.4, -0.2) is 52.8 Å². The smallest absolute Gasteiger partial charge is 0.272 e. The van der Waals surface area contributed by atoms with Gasteiger partial charge in [0.25, 0.3) is 11.8 Å². The molecule has 126 valence electrons. The molecule has 0 atom stereocenters. The summed E-state index contributed by atoms with van der Waals surface area (Å²) in [5.41, 5.74) is 1.09. The second-order valence-corrected chi connectivity index (χ2v) is 7.05. The summed E-state index contributed by atoms with van der Waals surface area (Å²) < 4.78 is 26.5. The van der Waals surface area contributed by atoms with Gasteiger partial charge in [0.15, 0.2) is 0 Å². The van der Waals surface area contributed by atoms with E-state index in [4.69, 9.17) is 0 Å². The van der Waals surface area contributed by atoms with Crippen LogP contribution in [0.4, 0.5) is 8.78 Å². The summed E-state index contributed by atoms with van der Waals surface area (Å²) >= 11 is 0. The third-order valence-electron chi connectivity index (χ3n) is 4.80. The molecule has 4 nitrogen and oxygen atoms in total. The van der Waals surface area contributed by atoms with Crippen LogP contribution in [0, 0.1) is 11.8 Å². The normalized spacial score (nSPS) is 21.7. The highest BCUT2D eigenvalue weighted by atomic mass is 19.3. The van der Waals surface area contributed by atoms with E-state index in [0.29, 0.717) is 12.5 Å². The molecule has 23 heavy (non-hydrogen) atoms. The molecule has 0 spiro atoms. The van der Waals surface area contributed by atoms with Gasteiger partial charge in [-0.2, -0.15) is 0 Å². The standard InChI is InChI=1S/C17H23F2N3O/c1-12(2)13-8-21(9-13)10-14-4-3-5-15(20-14)16(23)22-7-6-17(18,19)11-22/h3-5,12-13H,6-11H2,1-2H3. The number of pyridine rings is 1. The Bertz CT molecular complexity index is 585. The Balaban J connectivity index is 1.61. The van der Waals surface area contributed by atoms with Crippen LogP contribution in [0.1, 0.15) is 36.5 Å². The number of nitrogens with zero attached hydrogens (tertiary/aromatic N) is 3. The number of rotatable bonds is 4. The Labute approximate surface area is 135 Å². The molecule has 0 saturated carbocycles. The van der Waals surface area contributed by atoms with Gasteiger partial charge in [-0.1, -0.05) is 19.9 Å². The van der Waals surface area contributed by atoms with Crippen molar-refractivity contribution in [3.8, 4) is 0 Å². The fraction of sp³-hybridized carbons (Fsp3) is 0.647. The average Bonchev–Trinajstić information content (AvgIpc) is 2.81. The molecule has 0 bridgehead atoms. The summed E-state index contributed by atoms with van der Waals surface area (Å²) in [6.45, 7) is 6.86. The van der Waals surface area contributed by atoms with Crippen LogP contribution < -0.4 is 0 Å². The molecule has 2 fully saturated rings. The van der Waals surface area contributed by atoms with E-state index in [0.717, 1.165) is 24.7 Å². The third-order valence-corrected chi connectivity index (χ3v) is 4.80. The molecule has 0 aromatic carbocycles. The molecule has 0 N–H and O–H groups in total. The quantitative estimate of drug-likeness (QED) is 0.855. The van der Waals surface area contributed by atoms with E-state index in [-0.39, 0.29) is 18.7 Å². The predicted molar refractivity (Wildman–Crippen MR) is 83.3 cm³/mol. The van der Waals surface area contributed by atoms with Crippen molar-refractivity contribution in [2.75, 3.05) is 26.2 Å². The van der Waals surface area contributed by atoms with Crippen molar-refractivity contribution in [3.63, 3.8) is 0 Å². The van der Waals surface area contributed by atoms with Crippen LogP contribution in [0.2, 0.25) is 0 Å². The Morgan fingerprint density at radius 3 is 2.74 bits per heavy atom. The van der Waals surface area contributed by atoms with Crippen LogP contribution in [0.5, 0.6) is 0 Å². The van der Waals surface area contributed by atoms with E-state index in [9.17, 15) is 13.6 Å². The number of carbonyl (C=O) groups excluding carboxylic acids is 1. The Hall–Kier alpha value is -1.56. The predicted octanol–water partition coefficient (Wildman–Crippen LogP) is 2.65. The van der Waals surface area contributed by atoms with Crippen molar-refractivity contribution in [1.29, 1.82) is 0 Å². The van der Waals surface area contributed by atoms with Gasteiger partial charge in [-0.15, -0.1) is 0 Å². The second kappa shape index (κ2) is 6.15. The van der Waals surface area contributed by atoms with Gasteiger partial charge in [0.05, 0.1) is 12.2 Å². The molecule has 6 heteroatoms. The van der Waals surface area contributed by atoms with Gasteiger partial charge >= 0.3 is 0 Å². The zero-order chi connectivity index (χ0) is 16.6. The number of halogens is 2. The highest BCUT2D eigenvalue weighted by molar-refractivity contribution is 5.92. The summed E-state index contributed by atoms with van der Waals surface area (Å²) in [7, 11) is 0. The summed E-state index contributed by atoms with van der Waals surface area (Å²) in [4.78, 5) is 20.2. The van der Waals surface area contributed by atoms with Gasteiger partial charge < -0.3 is 4.90 Å². The van der Waals surface area contributed by atoms with Crippen molar-refractivity contribution < 1.29 is 13.6 Å².